The maximum absolute atomic E-state index is 12.4. The molecule has 0 aliphatic heterocycles. The maximum atomic E-state index is 12.4. The minimum atomic E-state index is -0.829. The Labute approximate surface area is 177 Å². The van der Waals surface area contributed by atoms with Gasteiger partial charge in [0.15, 0.2) is 5.69 Å². The summed E-state index contributed by atoms with van der Waals surface area (Å²) in [6.45, 7) is 3.58. The minimum Gasteiger partial charge on any atom is -0.376 e. The summed E-state index contributed by atoms with van der Waals surface area (Å²) in [5.74, 6) is -1.31. The lowest BCUT2D eigenvalue weighted by Crippen LogP contribution is -2.46. The van der Waals surface area contributed by atoms with Crippen LogP contribution in [0.25, 0.3) is 5.69 Å². The molecule has 0 saturated heterocycles. The Kier molecular flexibility index (Phi) is 6.48. The van der Waals surface area contributed by atoms with Gasteiger partial charge in [0, 0.05) is 17.4 Å². The zero-order valence-electron chi connectivity index (χ0n) is 16.4. The second-order valence-corrected chi connectivity index (χ2v) is 6.99. The van der Waals surface area contributed by atoms with E-state index in [1.54, 1.807) is 31.2 Å². The van der Waals surface area contributed by atoms with Crippen LogP contribution >= 0.6 is 11.6 Å². The van der Waals surface area contributed by atoms with Crippen LogP contribution in [0.2, 0.25) is 5.02 Å². The van der Waals surface area contributed by atoms with Gasteiger partial charge < -0.3 is 5.32 Å². The van der Waals surface area contributed by atoms with Gasteiger partial charge in [-0.15, -0.1) is 0 Å². The topological polar surface area (TPSA) is 105 Å². The second kappa shape index (κ2) is 9.23. The molecule has 0 saturated carbocycles. The highest BCUT2D eigenvalue weighted by Gasteiger charge is 2.17. The van der Waals surface area contributed by atoms with E-state index in [4.69, 9.17) is 11.6 Å². The summed E-state index contributed by atoms with van der Waals surface area (Å²) in [5.41, 5.74) is 6.44. The Balaban J connectivity index is 1.67. The minimum absolute atomic E-state index is 0.0610. The normalized spacial score (nSPS) is 10.4. The van der Waals surface area contributed by atoms with Crippen LogP contribution in [0, 0.1) is 13.8 Å². The van der Waals surface area contributed by atoms with Crippen molar-refractivity contribution in [2.24, 2.45) is 0 Å². The molecule has 1 aromatic heterocycles. The number of nitrogens with zero attached hydrogens (tertiary/aromatic N) is 2. The predicted octanol–water partition coefficient (Wildman–Crippen LogP) is 2.38. The third kappa shape index (κ3) is 5.03. The first-order valence-corrected chi connectivity index (χ1v) is 9.48. The monoisotopic (exact) mass is 425 g/mol. The Hall–Kier alpha value is -3.65. The number of benzene rings is 2. The van der Waals surface area contributed by atoms with E-state index in [1.165, 1.54) is 10.7 Å². The lowest BCUT2D eigenvalue weighted by atomic mass is 10.2. The zero-order valence-corrected chi connectivity index (χ0v) is 17.2. The van der Waals surface area contributed by atoms with Crippen LogP contribution in [0.4, 0.5) is 5.69 Å². The van der Waals surface area contributed by atoms with E-state index in [0.29, 0.717) is 16.4 Å². The largest absolute Gasteiger partial charge is 0.376 e. The third-order valence-corrected chi connectivity index (χ3v) is 4.54. The summed E-state index contributed by atoms with van der Waals surface area (Å²) < 4.78 is 1.40. The molecule has 0 atom stereocenters. The lowest BCUT2D eigenvalue weighted by molar-refractivity contribution is -0.120. The number of nitrogens with one attached hydrogen (secondary N) is 3. The number of hydrogen-bond donors (Lipinski definition) is 3. The zero-order chi connectivity index (χ0) is 21.7. The van der Waals surface area contributed by atoms with Crippen molar-refractivity contribution in [2.75, 3.05) is 11.9 Å². The molecule has 0 unspecified atom stereocenters. The van der Waals surface area contributed by atoms with Crippen molar-refractivity contribution >= 4 is 29.1 Å². The molecule has 0 aliphatic carbocycles. The Morgan fingerprint density at radius 3 is 2.43 bits per heavy atom. The smallest absolute Gasteiger partial charge is 0.294 e. The van der Waals surface area contributed by atoms with Crippen LogP contribution in [0.5, 0.6) is 0 Å². The fourth-order valence-electron chi connectivity index (χ4n) is 2.66. The number of anilines is 1. The van der Waals surface area contributed by atoms with E-state index in [-0.39, 0.29) is 12.2 Å². The molecular weight excluding hydrogens is 406 g/mol. The molecule has 2 aromatic carbocycles. The summed E-state index contributed by atoms with van der Waals surface area (Å²) in [7, 11) is 0. The van der Waals surface area contributed by atoms with Gasteiger partial charge in [-0.1, -0.05) is 41.4 Å². The highest BCUT2D eigenvalue weighted by molar-refractivity contribution is 6.32. The quantitative estimate of drug-likeness (QED) is 0.544. The molecule has 8 nitrogen and oxygen atoms in total. The number of carbonyl (C=O) groups is 2. The van der Waals surface area contributed by atoms with E-state index in [0.717, 1.165) is 11.3 Å². The molecule has 3 aromatic rings. The Morgan fingerprint density at radius 2 is 1.73 bits per heavy atom. The van der Waals surface area contributed by atoms with Crippen LogP contribution in [0.15, 0.2) is 59.4 Å². The number of aryl methyl sites for hydroxylation is 2. The molecule has 154 valence electrons. The number of amides is 2. The SMILES string of the molecule is Cc1ccc(NCC(=O)NNC(=O)c2nn(-c3ccccc3Cl)c(C)cc2=O)cc1. The van der Waals surface area contributed by atoms with E-state index in [9.17, 15) is 14.4 Å². The number of para-hydroxylation sites is 1. The molecule has 0 fully saturated rings. The molecule has 2 amide bonds. The van der Waals surface area contributed by atoms with Crippen molar-refractivity contribution in [1.82, 2.24) is 20.6 Å². The highest BCUT2D eigenvalue weighted by atomic mass is 35.5. The summed E-state index contributed by atoms with van der Waals surface area (Å²) in [6.07, 6.45) is 0. The number of aromatic nitrogens is 2. The van der Waals surface area contributed by atoms with E-state index >= 15 is 0 Å². The van der Waals surface area contributed by atoms with Crippen molar-refractivity contribution in [2.45, 2.75) is 13.8 Å². The summed E-state index contributed by atoms with van der Waals surface area (Å²) >= 11 is 6.20. The molecule has 0 aliphatic rings. The van der Waals surface area contributed by atoms with Crippen molar-refractivity contribution in [3.05, 3.63) is 86.8 Å². The van der Waals surface area contributed by atoms with Crippen LogP contribution in [-0.2, 0) is 4.79 Å². The lowest BCUT2D eigenvalue weighted by Gasteiger charge is -2.13. The van der Waals surface area contributed by atoms with Gasteiger partial charge in [0.2, 0.25) is 5.43 Å². The van der Waals surface area contributed by atoms with Gasteiger partial charge in [0.05, 0.1) is 17.3 Å². The van der Waals surface area contributed by atoms with Gasteiger partial charge in [-0.25, -0.2) is 4.68 Å². The fourth-order valence-corrected chi connectivity index (χ4v) is 2.87. The summed E-state index contributed by atoms with van der Waals surface area (Å²) in [4.78, 5) is 36.6. The molecule has 30 heavy (non-hydrogen) atoms. The molecule has 3 N–H and O–H groups in total. The molecular formula is C21H20ClN5O3. The van der Waals surface area contributed by atoms with E-state index < -0.39 is 17.2 Å². The van der Waals surface area contributed by atoms with Gasteiger partial charge in [0.1, 0.15) is 0 Å². The molecule has 0 spiro atoms. The van der Waals surface area contributed by atoms with Crippen molar-refractivity contribution in [1.29, 1.82) is 0 Å². The number of carbonyl (C=O) groups excluding carboxylic acids is 2. The van der Waals surface area contributed by atoms with Crippen molar-refractivity contribution in [3.63, 3.8) is 0 Å². The molecule has 3 rings (SSSR count). The molecule has 1 heterocycles. The summed E-state index contributed by atoms with van der Waals surface area (Å²) in [5, 5.41) is 7.47. The average molecular weight is 426 g/mol. The van der Waals surface area contributed by atoms with E-state index in [1.807, 2.05) is 31.2 Å². The van der Waals surface area contributed by atoms with Crippen LogP contribution in [-0.4, -0.2) is 28.1 Å². The van der Waals surface area contributed by atoms with Crippen molar-refractivity contribution in [3.8, 4) is 5.69 Å². The summed E-state index contributed by atoms with van der Waals surface area (Å²) in [6, 6.07) is 15.7. The Bertz CT molecular complexity index is 1140. The number of rotatable bonds is 5. The van der Waals surface area contributed by atoms with Gasteiger partial charge in [0.25, 0.3) is 11.8 Å². The third-order valence-electron chi connectivity index (χ3n) is 4.22. The van der Waals surface area contributed by atoms with Crippen LogP contribution < -0.4 is 21.6 Å². The Morgan fingerprint density at radius 1 is 1.03 bits per heavy atom. The average Bonchev–Trinajstić information content (AvgIpc) is 2.72. The van der Waals surface area contributed by atoms with Crippen LogP contribution in [0.1, 0.15) is 21.7 Å². The number of hydrazine groups is 1. The number of halogens is 1. The van der Waals surface area contributed by atoms with Crippen molar-refractivity contribution < 1.29 is 9.59 Å². The predicted molar refractivity (Wildman–Crippen MR) is 115 cm³/mol. The first kappa shape index (κ1) is 21.1. The first-order valence-electron chi connectivity index (χ1n) is 9.11. The maximum Gasteiger partial charge on any atom is 0.294 e. The van der Waals surface area contributed by atoms with Gasteiger partial charge >= 0.3 is 0 Å². The van der Waals surface area contributed by atoms with Gasteiger partial charge in [-0.05, 0) is 38.1 Å². The number of hydrogen-bond acceptors (Lipinski definition) is 5. The highest BCUT2D eigenvalue weighted by Crippen LogP contribution is 2.19. The van der Waals surface area contributed by atoms with Crippen LogP contribution in [0.3, 0.4) is 0 Å². The van der Waals surface area contributed by atoms with Gasteiger partial charge in [-0.2, -0.15) is 5.10 Å². The van der Waals surface area contributed by atoms with E-state index in [2.05, 4.69) is 21.3 Å². The molecule has 0 radical (unpaired) electrons. The molecule has 0 bridgehead atoms. The second-order valence-electron chi connectivity index (χ2n) is 6.58. The standard InChI is InChI=1S/C21H20ClN5O3/c1-13-7-9-15(10-8-13)23-12-19(29)24-25-21(30)20-18(28)11-14(2)27(26-20)17-6-4-3-5-16(17)22/h3-11,23H,12H2,1-2H3,(H,24,29)(H,25,30). The fraction of sp³-hybridized carbons (Fsp3) is 0.143. The molecule has 9 heteroatoms. The first-order chi connectivity index (χ1) is 14.3. The van der Waals surface area contributed by atoms with Gasteiger partial charge in [-0.3, -0.25) is 25.2 Å².